The van der Waals surface area contributed by atoms with Crippen LogP contribution in [0, 0.1) is 23.3 Å². The molecule has 0 spiro atoms. The topological polar surface area (TPSA) is 89.2 Å². The Morgan fingerprint density at radius 1 is 0.939 bits per heavy atom. The molecule has 1 amide bonds. The van der Waals surface area contributed by atoms with Crippen molar-refractivity contribution in [3.8, 4) is 0 Å². The minimum atomic E-state index is -1.19. The smallest absolute Gasteiger partial charge is 0.270 e. The van der Waals surface area contributed by atoms with Crippen molar-refractivity contribution in [1.82, 2.24) is 14.9 Å². The van der Waals surface area contributed by atoms with Gasteiger partial charge in [0.25, 0.3) is 11.5 Å². The summed E-state index contributed by atoms with van der Waals surface area (Å²) >= 11 is 0. The summed E-state index contributed by atoms with van der Waals surface area (Å²) in [6.07, 6.45) is -0.562. The lowest BCUT2D eigenvalue weighted by Crippen LogP contribution is -2.35. The zero-order chi connectivity index (χ0) is 23.6. The predicted molar refractivity (Wildman–Crippen MR) is 112 cm³/mol. The van der Waals surface area contributed by atoms with Gasteiger partial charge in [0, 0.05) is 29.6 Å². The molecule has 2 unspecified atom stereocenters. The minimum absolute atomic E-state index is 0.0659. The summed E-state index contributed by atoms with van der Waals surface area (Å²) in [5, 5.41) is 10.7. The van der Waals surface area contributed by atoms with E-state index in [2.05, 4.69) is 9.97 Å². The van der Waals surface area contributed by atoms with E-state index >= 15 is 0 Å². The van der Waals surface area contributed by atoms with Gasteiger partial charge in [-0.2, -0.15) is 0 Å². The third-order valence-corrected chi connectivity index (χ3v) is 6.19. The number of aromatic amines is 2. The number of aromatic nitrogens is 2. The maximum atomic E-state index is 14.1. The normalized spacial score (nSPS) is 18.0. The van der Waals surface area contributed by atoms with E-state index < -0.39 is 46.9 Å². The van der Waals surface area contributed by atoms with E-state index in [0.29, 0.717) is 10.9 Å². The molecular weight excluding hydrogens is 442 g/mol. The number of nitrogens with one attached hydrogen (secondary N) is 2. The Balaban J connectivity index is 1.63. The number of carbonyl (C=O) groups is 1. The molecule has 170 valence electrons. The van der Waals surface area contributed by atoms with Crippen LogP contribution in [0.4, 0.5) is 17.6 Å². The molecule has 2 aromatic carbocycles. The second kappa shape index (κ2) is 7.45. The van der Waals surface area contributed by atoms with E-state index in [4.69, 9.17) is 0 Å². The molecule has 1 aliphatic carbocycles. The summed E-state index contributed by atoms with van der Waals surface area (Å²) in [7, 11) is 1.48. The van der Waals surface area contributed by atoms with Crippen molar-refractivity contribution in [2.24, 2.45) is 0 Å². The van der Waals surface area contributed by atoms with Gasteiger partial charge in [-0.3, -0.25) is 9.59 Å². The van der Waals surface area contributed by atoms with Gasteiger partial charge in [-0.05, 0) is 42.5 Å². The fourth-order valence-electron chi connectivity index (χ4n) is 4.55. The highest BCUT2D eigenvalue weighted by Crippen LogP contribution is 2.41. The maximum absolute atomic E-state index is 14.1. The summed E-state index contributed by atoms with van der Waals surface area (Å²) in [5.74, 6) is -4.99. The fraction of sp³-hybridized carbons (Fsp3) is 0.217. The first-order valence-corrected chi connectivity index (χ1v) is 10.1. The number of hydrogen-bond acceptors (Lipinski definition) is 3. The molecule has 10 heteroatoms. The molecule has 5 rings (SSSR count). The van der Waals surface area contributed by atoms with Gasteiger partial charge < -0.3 is 20.0 Å². The van der Waals surface area contributed by atoms with E-state index in [1.54, 1.807) is 0 Å². The van der Waals surface area contributed by atoms with Crippen molar-refractivity contribution in [1.29, 1.82) is 0 Å². The Morgan fingerprint density at radius 2 is 1.58 bits per heavy atom. The van der Waals surface area contributed by atoms with E-state index in [1.165, 1.54) is 18.0 Å². The first-order chi connectivity index (χ1) is 15.7. The van der Waals surface area contributed by atoms with Crippen LogP contribution < -0.4 is 5.56 Å². The monoisotopic (exact) mass is 459 g/mol. The average molecular weight is 459 g/mol. The van der Waals surface area contributed by atoms with Crippen LogP contribution in [0.5, 0.6) is 0 Å². The van der Waals surface area contributed by atoms with Gasteiger partial charge in [-0.1, -0.05) is 0 Å². The first-order valence-electron chi connectivity index (χ1n) is 10.1. The van der Waals surface area contributed by atoms with E-state index in [-0.39, 0.29) is 40.5 Å². The summed E-state index contributed by atoms with van der Waals surface area (Å²) in [5.41, 5.74) is 0.0612. The van der Waals surface area contributed by atoms with E-state index in [0.717, 1.165) is 24.3 Å². The number of aliphatic hydroxyl groups is 1. The Morgan fingerprint density at radius 3 is 2.30 bits per heavy atom. The van der Waals surface area contributed by atoms with Crippen molar-refractivity contribution in [3.63, 3.8) is 0 Å². The molecule has 2 atom stereocenters. The first kappa shape index (κ1) is 21.2. The van der Waals surface area contributed by atoms with E-state index in [1.807, 2.05) is 0 Å². The van der Waals surface area contributed by atoms with Gasteiger partial charge in [0.05, 0.1) is 23.2 Å². The van der Waals surface area contributed by atoms with Crippen molar-refractivity contribution in [2.75, 3.05) is 7.05 Å². The SMILES string of the molecule is CN(C(=O)c1cc2cc(F)c(F)cc2[nH]1)C1CCC(O)c2[nH]c(=O)c3cc(F)c(F)cc3c21. The van der Waals surface area contributed by atoms with Crippen LogP contribution >= 0.6 is 0 Å². The molecule has 0 saturated heterocycles. The standard InChI is InChI=1S/C23H17F4N3O3/c1-30(23(33)17-5-9-4-12(24)15(27)8-16(9)28-17)18-2-3-19(31)21-20(18)10-6-13(25)14(26)7-11(10)22(32)29-21/h4-8,18-19,28,31H,2-3H2,1H3,(H,29,32). The van der Waals surface area contributed by atoms with Crippen LogP contribution in [0.3, 0.4) is 0 Å². The van der Waals surface area contributed by atoms with E-state index in [9.17, 15) is 32.3 Å². The Labute approximate surface area is 183 Å². The average Bonchev–Trinajstić information content (AvgIpc) is 3.18. The molecule has 0 saturated carbocycles. The molecule has 6 nitrogen and oxygen atoms in total. The molecule has 0 bridgehead atoms. The van der Waals surface area contributed by atoms with Crippen molar-refractivity contribution < 1.29 is 27.5 Å². The molecule has 0 fully saturated rings. The number of hydrogen-bond donors (Lipinski definition) is 3. The summed E-state index contributed by atoms with van der Waals surface area (Å²) in [4.78, 5) is 32.3. The zero-order valence-corrected chi connectivity index (χ0v) is 17.2. The quantitative estimate of drug-likeness (QED) is 0.393. The van der Waals surface area contributed by atoms with Crippen LogP contribution in [0.2, 0.25) is 0 Å². The lowest BCUT2D eigenvalue weighted by atomic mass is 9.85. The lowest BCUT2D eigenvalue weighted by molar-refractivity contribution is 0.0657. The predicted octanol–water partition coefficient (Wildman–Crippen LogP) is 4.21. The maximum Gasteiger partial charge on any atom is 0.270 e. The third kappa shape index (κ3) is 3.29. The van der Waals surface area contributed by atoms with Crippen molar-refractivity contribution in [3.05, 3.63) is 80.9 Å². The minimum Gasteiger partial charge on any atom is -0.387 e. The van der Waals surface area contributed by atoms with Gasteiger partial charge in [-0.25, -0.2) is 17.6 Å². The van der Waals surface area contributed by atoms with Gasteiger partial charge in [-0.15, -0.1) is 0 Å². The Hall–Kier alpha value is -3.66. The molecule has 33 heavy (non-hydrogen) atoms. The molecule has 3 N–H and O–H groups in total. The number of fused-ring (bicyclic) bond motifs is 4. The number of amides is 1. The van der Waals surface area contributed by atoms with Gasteiger partial charge in [0.15, 0.2) is 23.3 Å². The van der Waals surface area contributed by atoms with Crippen LogP contribution in [-0.2, 0) is 0 Å². The molecule has 4 aromatic rings. The fourth-order valence-corrected chi connectivity index (χ4v) is 4.55. The van der Waals surface area contributed by atoms with Crippen molar-refractivity contribution >= 4 is 27.6 Å². The highest BCUT2D eigenvalue weighted by Gasteiger charge is 2.34. The second-order valence-electron chi connectivity index (χ2n) is 8.15. The summed E-state index contributed by atoms with van der Waals surface area (Å²) in [6.45, 7) is 0. The number of H-pyrrole nitrogens is 2. The number of pyridine rings is 1. The summed E-state index contributed by atoms with van der Waals surface area (Å²) < 4.78 is 55.0. The lowest BCUT2D eigenvalue weighted by Gasteiger charge is -2.35. The molecular formula is C23H17F4N3O3. The molecule has 2 aromatic heterocycles. The number of halogens is 4. The number of benzene rings is 2. The number of aliphatic hydroxyl groups excluding tert-OH is 1. The molecule has 0 aliphatic heterocycles. The molecule has 1 aliphatic rings. The third-order valence-electron chi connectivity index (χ3n) is 6.19. The van der Waals surface area contributed by atoms with Gasteiger partial charge >= 0.3 is 0 Å². The van der Waals surface area contributed by atoms with Crippen LogP contribution in [-0.4, -0.2) is 32.9 Å². The molecule has 0 radical (unpaired) electrons. The van der Waals surface area contributed by atoms with Crippen LogP contribution in [0.1, 0.15) is 46.7 Å². The van der Waals surface area contributed by atoms with Gasteiger partial charge in [0.1, 0.15) is 5.69 Å². The Kier molecular flexibility index (Phi) is 4.78. The summed E-state index contributed by atoms with van der Waals surface area (Å²) in [6, 6.07) is 4.28. The number of carbonyl (C=O) groups excluding carboxylic acids is 1. The highest BCUT2D eigenvalue weighted by atomic mass is 19.2. The van der Waals surface area contributed by atoms with Gasteiger partial charge in [0.2, 0.25) is 0 Å². The zero-order valence-electron chi connectivity index (χ0n) is 17.2. The van der Waals surface area contributed by atoms with Crippen molar-refractivity contribution in [2.45, 2.75) is 25.0 Å². The Bertz CT molecular complexity index is 1470. The second-order valence-corrected chi connectivity index (χ2v) is 8.15. The highest BCUT2D eigenvalue weighted by molar-refractivity contribution is 5.98. The largest absolute Gasteiger partial charge is 0.387 e. The number of rotatable bonds is 2. The van der Waals surface area contributed by atoms with Crippen LogP contribution in [0.15, 0.2) is 35.1 Å². The van der Waals surface area contributed by atoms with Crippen LogP contribution in [0.25, 0.3) is 21.7 Å². The number of nitrogens with zero attached hydrogens (tertiary/aromatic N) is 1. The molecule has 2 heterocycles.